The van der Waals surface area contributed by atoms with Gasteiger partial charge in [0.2, 0.25) is 5.91 Å². The van der Waals surface area contributed by atoms with Crippen LogP contribution in [0.2, 0.25) is 5.02 Å². The fraction of sp³-hybridized carbons (Fsp3) is 0.353. The van der Waals surface area contributed by atoms with E-state index in [0.717, 1.165) is 22.5 Å². The highest BCUT2D eigenvalue weighted by atomic mass is 35.5. The summed E-state index contributed by atoms with van der Waals surface area (Å²) in [5, 5.41) is 17.1. The lowest BCUT2D eigenvalue weighted by molar-refractivity contribution is -0.121. The van der Waals surface area contributed by atoms with Crippen molar-refractivity contribution in [1.82, 2.24) is 20.0 Å². The second-order valence-electron chi connectivity index (χ2n) is 5.88. The molecule has 0 bridgehead atoms. The molecule has 1 aromatic carbocycles. The van der Waals surface area contributed by atoms with Crippen molar-refractivity contribution >= 4 is 23.6 Å². The largest absolute Gasteiger partial charge is 0.465 e. The van der Waals surface area contributed by atoms with E-state index in [4.69, 9.17) is 11.6 Å². The minimum absolute atomic E-state index is 0.111. The first-order chi connectivity index (χ1) is 12.0. The zero-order chi connectivity index (χ0) is 18.0. The van der Waals surface area contributed by atoms with Gasteiger partial charge in [0.25, 0.3) is 0 Å². The number of benzene rings is 1. The van der Waals surface area contributed by atoms with Crippen LogP contribution in [0.5, 0.6) is 0 Å². The molecular weight excluding hydrogens is 344 g/mol. The van der Waals surface area contributed by atoms with Crippen LogP contribution in [0.1, 0.15) is 11.3 Å². The van der Waals surface area contributed by atoms with Crippen LogP contribution in [-0.2, 0) is 24.2 Å². The average Bonchev–Trinajstić information content (AvgIpc) is 2.79. The maximum Gasteiger partial charge on any atom is 0.407 e. The summed E-state index contributed by atoms with van der Waals surface area (Å²) in [6.07, 6.45) is 0.163. The third kappa shape index (κ3) is 3.61. The molecule has 0 spiro atoms. The highest BCUT2D eigenvalue weighted by Crippen LogP contribution is 2.29. The van der Waals surface area contributed by atoms with Gasteiger partial charge in [0.15, 0.2) is 0 Å². The molecule has 8 heteroatoms. The molecule has 1 aliphatic heterocycles. The van der Waals surface area contributed by atoms with Gasteiger partial charge in [-0.25, -0.2) is 4.79 Å². The first-order valence-electron chi connectivity index (χ1n) is 8.02. The number of amides is 2. The Hall–Kier alpha value is -2.54. The van der Waals surface area contributed by atoms with Crippen LogP contribution in [0.25, 0.3) is 11.3 Å². The van der Waals surface area contributed by atoms with Crippen LogP contribution >= 0.6 is 11.6 Å². The molecule has 0 saturated carbocycles. The number of hydrogen-bond donors (Lipinski definition) is 2. The molecule has 1 aromatic heterocycles. The van der Waals surface area contributed by atoms with Gasteiger partial charge in [-0.3, -0.25) is 9.48 Å². The molecule has 0 fully saturated rings. The molecule has 0 unspecified atom stereocenters. The lowest BCUT2D eigenvalue weighted by atomic mass is 10.0. The van der Waals surface area contributed by atoms with Gasteiger partial charge in [-0.1, -0.05) is 23.7 Å². The van der Waals surface area contributed by atoms with Crippen LogP contribution in [0.3, 0.4) is 0 Å². The predicted molar refractivity (Wildman–Crippen MR) is 93.7 cm³/mol. The van der Waals surface area contributed by atoms with E-state index in [1.807, 2.05) is 12.1 Å². The molecule has 2 heterocycles. The van der Waals surface area contributed by atoms with Gasteiger partial charge in [0.05, 0.1) is 5.69 Å². The summed E-state index contributed by atoms with van der Waals surface area (Å²) in [4.78, 5) is 24.5. The number of nitrogens with one attached hydrogen (secondary N) is 1. The van der Waals surface area contributed by atoms with Gasteiger partial charge in [0, 0.05) is 48.4 Å². The van der Waals surface area contributed by atoms with Gasteiger partial charge in [-0.05, 0) is 18.6 Å². The Morgan fingerprint density at radius 2 is 1.92 bits per heavy atom. The maximum absolute atomic E-state index is 11.8. The van der Waals surface area contributed by atoms with Crippen molar-refractivity contribution in [3.8, 4) is 11.3 Å². The molecule has 0 saturated heterocycles. The van der Waals surface area contributed by atoms with Gasteiger partial charge >= 0.3 is 6.09 Å². The van der Waals surface area contributed by atoms with Crippen molar-refractivity contribution in [3.05, 3.63) is 40.5 Å². The number of halogens is 1. The van der Waals surface area contributed by atoms with E-state index in [2.05, 4.69) is 10.4 Å². The van der Waals surface area contributed by atoms with E-state index in [1.165, 1.54) is 4.90 Å². The number of aromatic nitrogens is 2. The number of carbonyl (C=O) groups excluding carboxylic acids is 1. The lowest BCUT2D eigenvalue weighted by Crippen LogP contribution is -2.32. The number of nitrogens with zero attached hydrogens (tertiary/aromatic N) is 3. The Kier molecular flexibility index (Phi) is 4.94. The van der Waals surface area contributed by atoms with Crippen LogP contribution in [0.4, 0.5) is 4.79 Å². The summed E-state index contributed by atoms with van der Waals surface area (Å²) in [5.41, 5.74) is 3.59. The normalized spacial score (nSPS) is 13.9. The summed E-state index contributed by atoms with van der Waals surface area (Å²) < 4.78 is 1.68. The molecule has 3 rings (SSSR count). The fourth-order valence-electron chi connectivity index (χ4n) is 3.05. The average molecular weight is 363 g/mol. The second kappa shape index (κ2) is 7.14. The summed E-state index contributed by atoms with van der Waals surface area (Å²) in [7, 11) is 1.58. The molecule has 0 aliphatic carbocycles. The number of likely N-dealkylation sites (N-methyl/N-ethyl adjacent to an activating group) is 1. The molecule has 132 valence electrons. The minimum atomic E-state index is -0.927. The van der Waals surface area contributed by atoms with Gasteiger partial charge < -0.3 is 15.3 Å². The second-order valence-corrected chi connectivity index (χ2v) is 6.32. The third-order valence-corrected chi connectivity index (χ3v) is 4.63. The van der Waals surface area contributed by atoms with Crippen molar-refractivity contribution in [2.45, 2.75) is 19.4 Å². The molecule has 7 nitrogen and oxygen atoms in total. The number of fused-ring (bicyclic) bond motifs is 1. The number of carbonyl (C=O) groups is 2. The molecular formula is C17H19ClN4O3. The number of carboxylic acid groups (broad SMARTS) is 1. The van der Waals surface area contributed by atoms with Crippen molar-refractivity contribution in [1.29, 1.82) is 0 Å². The summed E-state index contributed by atoms with van der Waals surface area (Å²) in [6, 6.07) is 7.35. The first kappa shape index (κ1) is 17.3. The van der Waals surface area contributed by atoms with Gasteiger partial charge in [-0.15, -0.1) is 0 Å². The van der Waals surface area contributed by atoms with E-state index >= 15 is 0 Å². The predicted octanol–water partition coefficient (Wildman–Crippen LogP) is 2.03. The molecule has 25 heavy (non-hydrogen) atoms. The molecule has 2 N–H and O–H groups in total. The number of rotatable bonds is 3. The van der Waals surface area contributed by atoms with Crippen LogP contribution in [0.15, 0.2) is 24.3 Å². The highest BCUT2D eigenvalue weighted by Gasteiger charge is 2.25. The van der Waals surface area contributed by atoms with Crippen molar-refractivity contribution in [2.75, 3.05) is 20.1 Å². The molecule has 0 atom stereocenters. The number of hydrogen-bond acceptors (Lipinski definition) is 3. The topological polar surface area (TPSA) is 87.5 Å². The molecule has 2 amide bonds. The zero-order valence-corrected chi connectivity index (χ0v) is 14.6. The monoisotopic (exact) mass is 362 g/mol. The lowest BCUT2D eigenvalue weighted by Gasteiger charge is -2.15. The van der Waals surface area contributed by atoms with Crippen molar-refractivity contribution in [3.63, 3.8) is 0 Å². The fourth-order valence-corrected chi connectivity index (χ4v) is 3.18. The molecule has 2 aromatic rings. The van der Waals surface area contributed by atoms with E-state index in [0.29, 0.717) is 31.0 Å². The van der Waals surface area contributed by atoms with E-state index < -0.39 is 6.09 Å². The summed E-state index contributed by atoms with van der Waals surface area (Å²) >= 11 is 5.96. The van der Waals surface area contributed by atoms with Crippen LogP contribution in [0, 0.1) is 0 Å². The third-order valence-electron chi connectivity index (χ3n) is 4.38. The Labute approximate surface area is 150 Å². The maximum atomic E-state index is 11.8. The standard InChI is InChI=1S/C17H19ClN4O3/c1-19-15(23)10-22-14-7-9-21(17(24)25)8-6-13(14)16(20-22)11-2-4-12(18)5-3-11/h2-5H,6-10H2,1H3,(H,19,23)(H,24,25). The van der Waals surface area contributed by atoms with Crippen molar-refractivity contribution in [2.24, 2.45) is 0 Å². The Balaban J connectivity index is 2.03. The van der Waals surface area contributed by atoms with E-state index in [-0.39, 0.29) is 12.5 Å². The summed E-state index contributed by atoms with van der Waals surface area (Å²) in [6.45, 7) is 0.913. The van der Waals surface area contributed by atoms with E-state index in [9.17, 15) is 14.7 Å². The minimum Gasteiger partial charge on any atom is -0.465 e. The summed E-state index contributed by atoms with van der Waals surface area (Å²) in [5.74, 6) is -0.146. The quantitative estimate of drug-likeness (QED) is 0.874. The Morgan fingerprint density at radius 3 is 2.56 bits per heavy atom. The molecule has 0 radical (unpaired) electrons. The SMILES string of the molecule is CNC(=O)Cn1nc(-c2ccc(Cl)cc2)c2c1CCN(C(=O)O)CC2. The Morgan fingerprint density at radius 1 is 1.24 bits per heavy atom. The zero-order valence-electron chi connectivity index (χ0n) is 13.8. The van der Waals surface area contributed by atoms with Crippen LogP contribution < -0.4 is 5.32 Å². The highest BCUT2D eigenvalue weighted by molar-refractivity contribution is 6.30. The van der Waals surface area contributed by atoms with Crippen LogP contribution in [-0.4, -0.2) is 51.9 Å². The van der Waals surface area contributed by atoms with Gasteiger partial charge in [0.1, 0.15) is 6.54 Å². The van der Waals surface area contributed by atoms with Crippen molar-refractivity contribution < 1.29 is 14.7 Å². The van der Waals surface area contributed by atoms with Gasteiger partial charge in [-0.2, -0.15) is 5.10 Å². The Bertz CT molecular complexity index is 801. The smallest absolute Gasteiger partial charge is 0.407 e. The molecule has 1 aliphatic rings. The first-order valence-corrected chi connectivity index (χ1v) is 8.40. The van der Waals surface area contributed by atoms with E-state index in [1.54, 1.807) is 23.9 Å².